The highest BCUT2D eigenvalue weighted by molar-refractivity contribution is 5.98. The maximum Gasteiger partial charge on any atom is 0.229 e. The molecule has 7 heteroatoms. The van der Waals surface area contributed by atoms with Gasteiger partial charge in [0.2, 0.25) is 11.7 Å². The first kappa shape index (κ1) is 24.0. The molecule has 3 rings (SSSR count). The maximum atomic E-state index is 13.9. The molecule has 172 valence electrons. The molecule has 0 saturated carbocycles. The van der Waals surface area contributed by atoms with Crippen molar-refractivity contribution < 1.29 is 18.5 Å². The monoisotopic (exact) mass is 449 g/mol. The third-order valence-corrected chi connectivity index (χ3v) is 5.42. The van der Waals surface area contributed by atoms with Crippen LogP contribution in [0.4, 0.5) is 4.39 Å². The molecule has 0 N–H and O–H groups in total. The van der Waals surface area contributed by atoms with E-state index in [-0.39, 0.29) is 17.4 Å². The Bertz CT molecular complexity index is 1150. The first-order valence-corrected chi connectivity index (χ1v) is 10.9. The largest absolute Gasteiger partial charge is 0.362 e. The smallest absolute Gasteiger partial charge is 0.229 e. The summed E-state index contributed by atoms with van der Waals surface area (Å²) in [5.41, 5.74) is 3.05. The SMILES string of the molecule is C=C(O/N=C(\C)c1ccc(C=O)c(F)c1)C(CC)Cc1ccc(-c2noc(C(C)C)n2)cc1. The molecule has 0 saturated heterocycles. The van der Waals surface area contributed by atoms with Crippen LogP contribution in [0.1, 0.15) is 67.4 Å². The van der Waals surface area contributed by atoms with Crippen LogP contribution >= 0.6 is 0 Å². The van der Waals surface area contributed by atoms with E-state index in [0.29, 0.717) is 35.0 Å². The Kier molecular flexibility index (Phi) is 7.87. The van der Waals surface area contributed by atoms with Crippen molar-refractivity contribution in [3.8, 4) is 11.4 Å². The standard InChI is InChI=1S/C26H28FN3O3/c1-6-20(18(5)32-29-17(4)22-11-12-23(15-31)24(27)14-22)13-19-7-9-21(10-8-19)25-28-26(16(2)3)33-30-25/h7-12,14-16,20H,5-6,13H2,1-4H3/b29-17+. The number of benzene rings is 2. The number of aromatic nitrogens is 2. The highest BCUT2D eigenvalue weighted by Gasteiger charge is 2.16. The summed E-state index contributed by atoms with van der Waals surface area (Å²) >= 11 is 0. The Morgan fingerprint density at radius 2 is 1.97 bits per heavy atom. The zero-order valence-corrected chi connectivity index (χ0v) is 19.3. The molecule has 0 amide bonds. The lowest BCUT2D eigenvalue weighted by atomic mass is 9.95. The molecule has 0 aliphatic rings. The Morgan fingerprint density at radius 3 is 2.55 bits per heavy atom. The number of hydrogen-bond acceptors (Lipinski definition) is 6. The van der Waals surface area contributed by atoms with E-state index in [2.05, 4.69) is 28.8 Å². The van der Waals surface area contributed by atoms with Gasteiger partial charge < -0.3 is 9.36 Å². The molecular formula is C26H28FN3O3. The van der Waals surface area contributed by atoms with Gasteiger partial charge >= 0.3 is 0 Å². The highest BCUT2D eigenvalue weighted by Crippen LogP contribution is 2.24. The van der Waals surface area contributed by atoms with Gasteiger partial charge in [0, 0.05) is 23.0 Å². The zero-order valence-electron chi connectivity index (χ0n) is 19.3. The maximum absolute atomic E-state index is 13.9. The number of oxime groups is 1. The number of carbonyl (C=O) groups is 1. The van der Waals surface area contributed by atoms with Gasteiger partial charge in [-0.3, -0.25) is 4.79 Å². The van der Waals surface area contributed by atoms with Gasteiger partial charge in [0.05, 0.1) is 11.3 Å². The average Bonchev–Trinajstić information content (AvgIpc) is 3.32. The molecule has 6 nitrogen and oxygen atoms in total. The van der Waals surface area contributed by atoms with E-state index in [9.17, 15) is 9.18 Å². The molecule has 0 radical (unpaired) electrons. The molecule has 1 aromatic heterocycles. The van der Waals surface area contributed by atoms with Crippen molar-refractivity contribution in [2.24, 2.45) is 11.1 Å². The van der Waals surface area contributed by atoms with Crippen LogP contribution in [0.3, 0.4) is 0 Å². The Labute approximate surface area is 193 Å². The summed E-state index contributed by atoms with van der Waals surface area (Å²) in [6, 6.07) is 12.3. The fourth-order valence-electron chi connectivity index (χ4n) is 3.25. The van der Waals surface area contributed by atoms with Crippen molar-refractivity contribution in [3.05, 3.63) is 83.2 Å². The lowest BCUT2D eigenvalue weighted by Crippen LogP contribution is -2.08. The van der Waals surface area contributed by atoms with E-state index >= 15 is 0 Å². The number of carbonyl (C=O) groups excluding carboxylic acids is 1. The number of halogens is 1. The summed E-state index contributed by atoms with van der Waals surface area (Å²) in [7, 11) is 0. The van der Waals surface area contributed by atoms with Crippen LogP contribution in [-0.2, 0) is 11.3 Å². The van der Waals surface area contributed by atoms with Gasteiger partial charge in [-0.15, -0.1) is 0 Å². The first-order chi connectivity index (χ1) is 15.8. The third kappa shape index (κ3) is 6.00. The Morgan fingerprint density at radius 1 is 1.24 bits per heavy atom. The van der Waals surface area contributed by atoms with Crippen molar-refractivity contribution in [2.75, 3.05) is 0 Å². The van der Waals surface area contributed by atoms with E-state index in [4.69, 9.17) is 9.36 Å². The summed E-state index contributed by atoms with van der Waals surface area (Å²) in [5, 5.41) is 8.15. The molecule has 0 aliphatic heterocycles. The van der Waals surface area contributed by atoms with E-state index in [1.165, 1.54) is 12.1 Å². The van der Waals surface area contributed by atoms with Crippen molar-refractivity contribution in [1.29, 1.82) is 0 Å². The summed E-state index contributed by atoms with van der Waals surface area (Å²) in [6.07, 6.45) is 2.03. The molecule has 1 atom stereocenters. The second-order valence-electron chi connectivity index (χ2n) is 8.21. The Hall–Kier alpha value is -3.61. The highest BCUT2D eigenvalue weighted by atomic mass is 19.1. The minimum absolute atomic E-state index is 0.00800. The van der Waals surface area contributed by atoms with Gasteiger partial charge in [-0.2, -0.15) is 4.98 Å². The number of hydrogen-bond donors (Lipinski definition) is 0. The summed E-state index contributed by atoms with van der Waals surface area (Å²) in [6.45, 7) is 11.8. The topological polar surface area (TPSA) is 77.6 Å². The quantitative estimate of drug-likeness (QED) is 0.156. The van der Waals surface area contributed by atoms with Crippen molar-refractivity contribution in [3.63, 3.8) is 0 Å². The molecule has 3 aromatic rings. The zero-order chi connectivity index (χ0) is 24.0. The predicted molar refractivity (Wildman–Crippen MR) is 126 cm³/mol. The summed E-state index contributed by atoms with van der Waals surface area (Å²) in [4.78, 5) is 20.8. The minimum Gasteiger partial charge on any atom is -0.362 e. The van der Waals surface area contributed by atoms with E-state index in [1.54, 1.807) is 13.0 Å². The lowest BCUT2D eigenvalue weighted by Gasteiger charge is -2.16. The van der Waals surface area contributed by atoms with E-state index < -0.39 is 5.82 Å². The van der Waals surface area contributed by atoms with Crippen LogP contribution in [0.25, 0.3) is 11.4 Å². The van der Waals surface area contributed by atoms with Crippen LogP contribution in [0.2, 0.25) is 0 Å². The molecule has 0 fully saturated rings. The van der Waals surface area contributed by atoms with Gasteiger partial charge in [-0.25, -0.2) is 4.39 Å². The molecule has 0 spiro atoms. The summed E-state index contributed by atoms with van der Waals surface area (Å²) in [5.74, 6) is 1.37. The van der Waals surface area contributed by atoms with Crippen molar-refractivity contribution >= 4 is 12.0 Å². The van der Waals surface area contributed by atoms with Gasteiger partial charge in [0.1, 0.15) is 11.6 Å². The second kappa shape index (κ2) is 10.8. The van der Waals surface area contributed by atoms with Crippen LogP contribution in [0.15, 0.2) is 64.5 Å². The average molecular weight is 450 g/mol. The molecule has 1 unspecified atom stereocenters. The van der Waals surface area contributed by atoms with Crippen LogP contribution in [-0.4, -0.2) is 22.1 Å². The molecule has 33 heavy (non-hydrogen) atoms. The first-order valence-electron chi connectivity index (χ1n) is 10.9. The summed E-state index contributed by atoms with van der Waals surface area (Å²) < 4.78 is 19.1. The molecule has 1 heterocycles. The minimum atomic E-state index is -0.591. The molecule has 0 aliphatic carbocycles. The van der Waals surface area contributed by atoms with Gasteiger partial charge in [0.25, 0.3) is 0 Å². The van der Waals surface area contributed by atoms with E-state index in [1.807, 2.05) is 38.1 Å². The number of nitrogens with zero attached hydrogens (tertiary/aromatic N) is 3. The number of aldehydes is 1. The molecular weight excluding hydrogens is 421 g/mol. The Balaban J connectivity index is 1.63. The number of rotatable bonds is 10. The third-order valence-electron chi connectivity index (χ3n) is 5.42. The van der Waals surface area contributed by atoms with E-state index in [0.717, 1.165) is 24.0 Å². The van der Waals surface area contributed by atoms with Crippen molar-refractivity contribution in [1.82, 2.24) is 10.1 Å². The fourth-order valence-corrected chi connectivity index (χ4v) is 3.25. The fraction of sp³-hybridized carbons (Fsp3) is 0.308. The van der Waals surface area contributed by atoms with Crippen LogP contribution in [0, 0.1) is 11.7 Å². The van der Waals surface area contributed by atoms with Gasteiger partial charge in [-0.1, -0.05) is 68.0 Å². The van der Waals surface area contributed by atoms with Crippen molar-refractivity contribution in [2.45, 2.75) is 46.5 Å². The second-order valence-corrected chi connectivity index (χ2v) is 8.21. The number of allylic oxidation sites excluding steroid dienone is 1. The molecule has 0 bridgehead atoms. The van der Waals surface area contributed by atoms with Gasteiger partial charge in [0.15, 0.2) is 6.29 Å². The van der Waals surface area contributed by atoms with Gasteiger partial charge in [-0.05, 0) is 37.5 Å². The lowest BCUT2D eigenvalue weighted by molar-refractivity contribution is 0.112. The predicted octanol–water partition coefficient (Wildman–Crippen LogP) is 6.33. The molecule has 2 aromatic carbocycles. The van der Waals surface area contributed by atoms with Crippen LogP contribution < -0.4 is 0 Å². The van der Waals surface area contributed by atoms with Crippen LogP contribution in [0.5, 0.6) is 0 Å². The normalized spacial score (nSPS) is 12.6.